The molecule has 2 aromatic rings. The van der Waals surface area contributed by atoms with Crippen molar-refractivity contribution in [2.45, 2.75) is 19.4 Å². The van der Waals surface area contributed by atoms with Gasteiger partial charge in [-0.2, -0.15) is 0 Å². The van der Waals surface area contributed by atoms with E-state index in [1.165, 1.54) is 18.3 Å². The average molecular weight is 608 g/mol. The molecule has 2 aromatic carbocycles. The van der Waals surface area contributed by atoms with Gasteiger partial charge in [0.1, 0.15) is 12.3 Å². The Kier molecular flexibility index (Phi) is 9.04. The SMILES string of the molecule is C[N+](C)(C)CCCOc1c(I)cc(CC[N+](C)(C)Cc2ccccc2)cc1I. The van der Waals surface area contributed by atoms with Crippen LogP contribution in [0.2, 0.25) is 0 Å². The van der Waals surface area contributed by atoms with E-state index in [0.717, 1.165) is 53.8 Å². The summed E-state index contributed by atoms with van der Waals surface area (Å²) >= 11 is 4.84. The second kappa shape index (κ2) is 10.6. The van der Waals surface area contributed by atoms with E-state index in [9.17, 15) is 0 Å². The van der Waals surface area contributed by atoms with Gasteiger partial charge < -0.3 is 13.7 Å². The Balaban J connectivity index is 1.92. The highest BCUT2D eigenvalue weighted by molar-refractivity contribution is 14.1. The molecule has 0 fully saturated rings. The van der Waals surface area contributed by atoms with Crippen molar-refractivity contribution < 1.29 is 13.7 Å². The van der Waals surface area contributed by atoms with Gasteiger partial charge >= 0.3 is 0 Å². The first kappa shape index (κ1) is 23.9. The lowest BCUT2D eigenvalue weighted by molar-refractivity contribution is -0.903. The highest BCUT2D eigenvalue weighted by Gasteiger charge is 2.17. The first-order valence-electron chi connectivity index (χ1n) is 9.83. The standard InChI is InChI=1S/C23H34I2N2O/c1-26(2,3)13-9-15-28-23-21(24)16-20(17-22(23)25)12-14-27(4,5)18-19-10-7-6-8-11-19/h6-8,10-11,16-17H,9,12-15,18H2,1-5H3/q+2. The molecule has 28 heavy (non-hydrogen) atoms. The summed E-state index contributed by atoms with van der Waals surface area (Å²) in [5.74, 6) is 1.05. The fourth-order valence-corrected chi connectivity index (χ4v) is 5.40. The number of quaternary nitrogens is 2. The second-order valence-corrected chi connectivity index (χ2v) is 11.5. The van der Waals surface area contributed by atoms with Crippen LogP contribution in [0.1, 0.15) is 17.5 Å². The molecule has 0 bridgehead atoms. The summed E-state index contributed by atoms with van der Waals surface area (Å²) in [6, 6.07) is 15.4. The fraction of sp³-hybridized carbons (Fsp3) is 0.478. The number of rotatable bonds is 10. The van der Waals surface area contributed by atoms with Gasteiger partial charge in [0.25, 0.3) is 0 Å². The maximum Gasteiger partial charge on any atom is 0.145 e. The lowest BCUT2D eigenvalue weighted by Gasteiger charge is -2.30. The van der Waals surface area contributed by atoms with Gasteiger partial charge in [0, 0.05) is 18.4 Å². The molecule has 0 spiro atoms. The van der Waals surface area contributed by atoms with Gasteiger partial charge in [-0.3, -0.25) is 0 Å². The minimum atomic E-state index is 0.780. The van der Waals surface area contributed by atoms with E-state index in [1.807, 2.05) is 0 Å². The number of nitrogens with zero attached hydrogens (tertiary/aromatic N) is 2. The maximum absolute atomic E-state index is 6.11. The van der Waals surface area contributed by atoms with Crippen LogP contribution in [0.5, 0.6) is 5.75 Å². The van der Waals surface area contributed by atoms with Crippen molar-refractivity contribution >= 4 is 45.2 Å². The van der Waals surface area contributed by atoms with Crippen LogP contribution in [0, 0.1) is 7.14 Å². The molecule has 0 aliphatic heterocycles. The van der Waals surface area contributed by atoms with Crippen LogP contribution in [-0.2, 0) is 13.0 Å². The Bertz CT molecular complexity index is 732. The first-order valence-corrected chi connectivity index (χ1v) is 12.0. The number of ether oxygens (including phenoxy) is 1. The molecule has 0 atom stereocenters. The smallest absolute Gasteiger partial charge is 0.145 e. The van der Waals surface area contributed by atoms with Gasteiger partial charge in [0.05, 0.1) is 62.1 Å². The number of likely N-dealkylation sites (N-methyl/N-ethyl adjacent to an activating group) is 1. The van der Waals surface area contributed by atoms with Gasteiger partial charge in [-0.15, -0.1) is 0 Å². The van der Waals surface area contributed by atoms with Gasteiger partial charge in [-0.05, 0) is 62.9 Å². The van der Waals surface area contributed by atoms with E-state index in [4.69, 9.17) is 4.74 Å². The topological polar surface area (TPSA) is 9.23 Å². The molecular weight excluding hydrogens is 574 g/mol. The highest BCUT2D eigenvalue weighted by Crippen LogP contribution is 2.29. The Morgan fingerprint density at radius 3 is 2.00 bits per heavy atom. The third-order valence-corrected chi connectivity index (χ3v) is 6.34. The van der Waals surface area contributed by atoms with Crippen LogP contribution in [0.15, 0.2) is 42.5 Å². The number of halogens is 2. The predicted octanol–water partition coefficient (Wildman–Crippen LogP) is 5.19. The molecule has 0 saturated heterocycles. The molecule has 0 aliphatic carbocycles. The van der Waals surface area contributed by atoms with Crippen LogP contribution in [0.4, 0.5) is 0 Å². The quantitative estimate of drug-likeness (QED) is 0.205. The Labute approximate surface area is 198 Å². The minimum absolute atomic E-state index is 0.780. The molecule has 2 rings (SSSR count). The zero-order valence-corrected chi connectivity index (χ0v) is 22.2. The number of hydrogen-bond donors (Lipinski definition) is 0. The molecule has 0 heterocycles. The zero-order valence-electron chi connectivity index (χ0n) is 17.8. The maximum atomic E-state index is 6.11. The van der Waals surface area contributed by atoms with Crippen LogP contribution in [0.3, 0.4) is 0 Å². The summed E-state index contributed by atoms with van der Waals surface area (Å²) in [7, 11) is 11.3. The molecule has 0 amide bonds. The Morgan fingerprint density at radius 2 is 1.43 bits per heavy atom. The molecule has 5 heteroatoms. The Morgan fingerprint density at radius 1 is 0.821 bits per heavy atom. The molecular formula is C23H34I2N2O+2. The van der Waals surface area contributed by atoms with Gasteiger partial charge in [0.2, 0.25) is 0 Å². The van der Waals surface area contributed by atoms with Crippen molar-refractivity contribution in [2.24, 2.45) is 0 Å². The van der Waals surface area contributed by atoms with E-state index < -0.39 is 0 Å². The van der Waals surface area contributed by atoms with Crippen molar-refractivity contribution in [3.63, 3.8) is 0 Å². The van der Waals surface area contributed by atoms with Gasteiger partial charge in [-0.1, -0.05) is 30.3 Å². The average Bonchev–Trinajstić information content (AvgIpc) is 2.58. The largest absolute Gasteiger partial charge is 0.491 e. The lowest BCUT2D eigenvalue weighted by Crippen LogP contribution is -2.40. The molecule has 0 aliphatic rings. The molecule has 0 aromatic heterocycles. The van der Waals surface area contributed by atoms with Crippen LogP contribution < -0.4 is 4.74 Å². The van der Waals surface area contributed by atoms with E-state index in [1.54, 1.807) is 0 Å². The van der Waals surface area contributed by atoms with Crippen molar-refractivity contribution in [1.29, 1.82) is 0 Å². The monoisotopic (exact) mass is 608 g/mol. The number of hydrogen-bond acceptors (Lipinski definition) is 1. The predicted molar refractivity (Wildman–Crippen MR) is 136 cm³/mol. The van der Waals surface area contributed by atoms with Crippen molar-refractivity contribution in [1.82, 2.24) is 0 Å². The van der Waals surface area contributed by atoms with Crippen molar-refractivity contribution in [3.05, 3.63) is 60.7 Å². The molecule has 0 saturated carbocycles. The highest BCUT2D eigenvalue weighted by atomic mass is 127. The molecule has 3 nitrogen and oxygen atoms in total. The van der Waals surface area contributed by atoms with Crippen LogP contribution in [-0.4, -0.2) is 63.9 Å². The molecule has 0 N–H and O–H groups in total. The number of benzene rings is 2. The van der Waals surface area contributed by atoms with Crippen LogP contribution in [0.25, 0.3) is 0 Å². The van der Waals surface area contributed by atoms with Crippen molar-refractivity contribution in [2.75, 3.05) is 54.9 Å². The van der Waals surface area contributed by atoms with Gasteiger partial charge in [-0.25, -0.2) is 0 Å². The normalized spacial score (nSPS) is 12.2. The summed E-state index contributed by atoms with van der Waals surface area (Å²) in [6.07, 6.45) is 2.15. The zero-order chi connectivity index (χ0) is 20.8. The summed E-state index contributed by atoms with van der Waals surface area (Å²) in [5.41, 5.74) is 2.79. The second-order valence-electron chi connectivity index (χ2n) is 9.16. The molecule has 0 radical (unpaired) electrons. The summed E-state index contributed by atoms with van der Waals surface area (Å²) in [5, 5.41) is 0. The van der Waals surface area contributed by atoms with E-state index in [2.05, 4.69) is 123 Å². The lowest BCUT2D eigenvalue weighted by atomic mass is 10.1. The van der Waals surface area contributed by atoms with Gasteiger partial charge in [0.15, 0.2) is 0 Å². The summed E-state index contributed by atoms with van der Waals surface area (Å²) < 4.78 is 10.5. The molecule has 0 unspecified atom stereocenters. The van der Waals surface area contributed by atoms with Crippen molar-refractivity contribution in [3.8, 4) is 5.75 Å². The minimum Gasteiger partial charge on any atom is -0.491 e. The third-order valence-electron chi connectivity index (χ3n) is 4.74. The van der Waals surface area contributed by atoms with E-state index in [0.29, 0.717) is 0 Å². The molecule has 154 valence electrons. The Hall–Kier alpha value is -0.380. The third kappa shape index (κ3) is 8.55. The van der Waals surface area contributed by atoms with E-state index in [-0.39, 0.29) is 0 Å². The first-order chi connectivity index (χ1) is 13.1. The fourth-order valence-electron chi connectivity index (χ4n) is 3.20. The van der Waals surface area contributed by atoms with E-state index >= 15 is 0 Å². The summed E-state index contributed by atoms with van der Waals surface area (Å²) in [4.78, 5) is 0. The summed E-state index contributed by atoms with van der Waals surface area (Å²) in [6.45, 7) is 4.08. The van der Waals surface area contributed by atoms with Crippen LogP contribution >= 0.6 is 45.2 Å².